The van der Waals surface area contributed by atoms with Gasteiger partial charge in [0.05, 0.1) is 10.7 Å². The van der Waals surface area contributed by atoms with E-state index >= 15 is 0 Å². The van der Waals surface area contributed by atoms with Crippen LogP contribution in [0.25, 0.3) is 11.1 Å². The number of H-pyrrole nitrogens is 1. The number of nitrogens with zero attached hydrogens (tertiary/aromatic N) is 3. The number of thiazole rings is 1. The number of aromatic hydroxyl groups is 1. The van der Waals surface area contributed by atoms with E-state index in [-0.39, 0.29) is 17.2 Å². The van der Waals surface area contributed by atoms with Crippen LogP contribution in [0, 0.1) is 6.92 Å². The van der Waals surface area contributed by atoms with Crippen LogP contribution >= 0.6 is 11.3 Å². The molecule has 8 heteroatoms. The minimum Gasteiger partial charge on any atom is -0.506 e. The van der Waals surface area contributed by atoms with Crippen molar-refractivity contribution in [2.45, 2.75) is 52.4 Å². The fraction of sp³-hybridized carbons (Fsp3) is 0.393. The number of allylic oxidation sites excluding steroid dienone is 1. The molecule has 3 aromatic rings. The number of anilines is 1. The molecule has 1 fully saturated rings. The van der Waals surface area contributed by atoms with E-state index in [0.29, 0.717) is 29.9 Å². The van der Waals surface area contributed by atoms with Gasteiger partial charge in [-0.1, -0.05) is 32.1 Å². The van der Waals surface area contributed by atoms with Gasteiger partial charge in [0.25, 0.3) is 5.56 Å². The summed E-state index contributed by atoms with van der Waals surface area (Å²) in [6.07, 6.45) is 5.26. The number of benzene rings is 1. The number of aryl methyl sites for hydroxylation is 2. The zero-order valence-corrected chi connectivity index (χ0v) is 22.1. The molecule has 1 aliphatic rings. The minimum atomic E-state index is -0.434. The van der Waals surface area contributed by atoms with Crippen LogP contribution in [-0.4, -0.2) is 41.1 Å². The van der Waals surface area contributed by atoms with Crippen LogP contribution in [0.5, 0.6) is 5.75 Å². The quantitative estimate of drug-likeness (QED) is 0.224. The standard InChI is InChI=1S/C28H34N4O3S/c1-5-6-12-23-24(20-10-9-11-22(16-20)32-13-7-8-14-32)26(33)25(27(34)31-23)28(29-4)35-18(2)15-21-17-36-19(3)30-21/h9-11,16-17H,2,5-8,12-15H2,1,3-4H3,(H2,31,33,34). The van der Waals surface area contributed by atoms with E-state index in [1.165, 1.54) is 19.9 Å². The van der Waals surface area contributed by atoms with Gasteiger partial charge in [-0.2, -0.15) is 0 Å². The zero-order chi connectivity index (χ0) is 25.7. The Balaban J connectivity index is 1.73. The Labute approximate surface area is 216 Å². The second-order valence-corrected chi connectivity index (χ2v) is 10.1. The van der Waals surface area contributed by atoms with Gasteiger partial charge in [0.2, 0.25) is 5.90 Å². The summed E-state index contributed by atoms with van der Waals surface area (Å²) < 4.78 is 5.91. The van der Waals surface area contributed by atoms with Gasteiger partial charge in [-0.05, 0) is 50.3 Å². The van der Waals surface area contributed by atoms with E-state index in [9.17, 15) is 9.90 Å². The van der Waals surface area contributed by atoms with Crippen molar-refractivity contribution in [1.29, 1.82) is 0 Å². The first-order valence-corrected chi connectivity index (χ1v) is 13.4. The summed E-state index contributed by atoms with van der Waals surface area (Å²) >= 11 is 1.55. The monoisotopic (exact) mass is 506 g/mol. The van der Waals surface area contributed by atoms with Crippen molar-refractivity contribution in [1.82, 2.24) is 9.97 Å². The fourth-order valence-electron chi connectivity index (χ4n) is 4.59. The first kappa shape index (κ1) is 25.7. The van der Waals surface area contributed by atoms with Crippen molar-refractivity contribution in [3.05, 3.63) is 74.3 Å². The van der Waals surface area contributed by atoms with Crippen LogP contribution < -0.4 is 10.5 Å². The third-order valence-corrected chi connectivity index (χ3v) is 7.18. The average molecular weight is 507 g/mol. The lowest BCUT2D eigenvalue weighted by Crippen LogP contribution is -2.23. The third kappa shape index (κ3) is 5.70. The largest absolute Gasteiger partial charge is 0.506 e. The molecule has 0 atom stereocenters. The molecule has 0 aliphatic carbocycles. The van der Waals surface area contributed by atoms with E-state index < -0.39 is 5.56 Å². The molecule has 0 unspecified atom stereocenters. The SMILES string of the molecule is C=C(Cc1csc(C)n1)OC(=NC)c1c(O)c(-c2cccc(N3CCCC3)c2)c(CCCC)[nH]c1=O. The summed E-state index contributed by atoms with van der Waals surface area (Å²) in [5, 5.41) is 14.4. The van der Waals surface area contributed by atoms with Crippen molar-refractivity contribution in [2.75, 3.05) is 25.0 Å². The third-order valence-electron chi connectivity index (χ3n) is 6.36. The molecule has 0 spiro atoms. The number of aliphatic imine (C=N–C) groups is 1. The fourth-order valence-corrected chi connectivity index (χ4v) is 5.21. The van der Waals surface area contributed by atoms with Gasteiger partial charge < -0.3 is 19.7 Å². The summed E-state index contributed by atoms with van der Waals surface area (Å²) in [4.78, 5) is 27.2. The highest BCUT2D eigenvalue weighted by Crippen LogP contribution is 2.36. The van der Waals surface area contributed by atoms with Gasteiger partial charge in [0.1, 0.15) is 17.1 Å². The first-order valence-electron chi connectivity index (χ1n) is 12.5. The van der Waals surface area contributed by atoms with Gasteiger partial charge in [0.15, 0.2) is 0 Å². The molecule has 3 heterocycles. The molecule has 0 radical (unpaired) electrons. The molecule has 2 N–H and O–H groups in total. The zero-order valence-electron chi connectivity index (χ0n) is 21.3. The van der Waals surface area contributed by atoms with Crippen molar-refractivity contribution in [3.63, 3.8) is 0 Å². The number of ether oxygens (including phenoxy) is 1. The van der Waals surface area contributed by atoms with E-state index in [4.69, 9.17) is 4.74 Å². The number of unbranched alkanes of at least 4 members (excludes halogenated alkanes) is 1. The van der Waals surface area contributed by atoms with E-state index in [1.54, 1.807) is 11.3 Å². The maximum Gasteiger partial charge on any atom is 0.264 e. The number of aromatic nitrogens is 2. The highest BCUT2D eigenvalue weighted by atomic mass is 32.1. The van der Waals surface area contributed by atoms with Crippen molar-refractivity contribution in [2.24, 2.45) is 4.99 Å². The van der Waals surface area contributed by atoms with Crippen molar-refractivity contribution >= 4 is 22.9 Å². The Hall–Kier alpha value is -3.39. The Morgan fingerprint density at radius 2 is 2.11 bits per heavy atom. The van der Waals surface area contributed by atoms with Gasteiger partial charge in [-0.3, -0.25) is 9.79 Å². The van der Waals surface area contributed by atoms with Crippen LogP contribution in [0.4, 0.5) is 5.69 Å². The number of pyridine rings is 1. The molecular formula is C28H34N4O3S. The molecule has 1 aliphatic heterocycles. The Bertz CT molecular complexity index is 1320. The molecule has 2 aromatic heterocycles. The molecule has 7 nitrogen and oxygen atoms in total. The summed E-state index contributed by atoms with van der Waals surface area (Å²) in [6, 6.07) is 8.15. The van der Waals surface area contributed by atoms with Crippen LogP contribution in [0.3, 0.4) is 0 Å². The Kier molecular flexibility index (Phi) is 8.25. The lowest BCUT2D eigenvalue weighted by atomic mass is 9.97. The molecule has 0 amide bonds. The molecule has 190 valence electrons. The molecule has 36 heavy (non-hydrogen) atoms. The molecular weight excluding hydrogens is 472 g/mol. The number of nitrogens with one attached hydrogen (secondary N) is 1. The smallest absolute Gasteiger partial charge is 0.264 e. The van der Waals surface area contributed by atoms with Crippen molar-refractivity contribution in [3.8, 4) is 16.9 Å². The number of aromatic amines is 1. The first-order chi connectivity index (χ1) is 17.4. The lowest BCUT2D eigenvalue weighted by Gasteiger charge is -2.20. The number of rotatable bonds is 9. The van der Waals surface area contributed by atoms with Gasteiger partial charge in [-0.25, -0.2) is 4.98 Å². The van der Waals surface area contributed by atoms with E-state index in [2.05, 4.69) is 45.5 Å². The van der Waals surface area contributed by atoms with Gasteiger partial charge in [0, 0.05) is 48.9 Å². The van der Waals surface area contributed by atoms with E-state index in [1.807, 2.05) is 24.4 Å². The average Bonchev–Trinajstić information content (AvgIpc) is 3.54. The predicted octanol–water partition coefficient (Wildman–Crippen LogP) is 5.60. The van der Waals surface area contributed by atoms with Crippen molar-refractivity contribution < 1.29 is 9.84 Å². The Morgan fingerprint density at radius 1 is 1.33 bits per heavy atom. The van der Waals surface area contributed by atoms with Crippen LogP contribution in [-0.2, 0) is 17.6 Å². The highest BCUT2D eigenvalue weighted by Gasteiger charge is 2.24. The second kappa shape index (κ2) is 11.6. The maximum absolute atomic E-state index is 13.2. The summed E-state index contributed by atoms with van der Waals surface area (Å²) in [7, 11) is 1.53. The normalized spacial score (nSPS) is 13.9. The molecule has 1 aromatic carbocycles. The summed E-state index contributed by atoms with van der Waals surface area (Å²) in [6.45, 7) is 10.1. The molecule has 4 rings (SSSR count). The second-order valence-electron chi connectivity index (χ2n) is 9.08. The molecule has 1 saturated heterocycles. The minimum absolute atomic E-state index is 0.00920. The topological polar surface area (TPSA) is 90.8 Å². The maximum atomic E-state index is 13.2. The van der Waals surface area contributed by atoms with E-state index in [0.717, 1.165) is 47.9 Å². The highest BCUT2D eigenvalue weighted by molar-refractivity contribution is 7.09. The number of hydrogen-bond donors (Lipinski definition) is 2. The predicted molar refractivity (Wildman–Crippen MR) is 147 cm³/mol. The van der Waals surface area contributed by atoms with Crippen LogP contribution in [0.1, 0.15) is 54.6 Å². The summed E-state index contributed by atoms with van der Waals surface area (Å²) in [5.41, 5.74) is 3.72. The van der Waals surface area contributed by atoms with Gasteiger partial charge in [-0.15, -0.1) is 11.3 Å². The molecule has 0 bridgehead atoms. The molecule has 0 saturated carbocycles. The Morgan fingerprint density at radius 3 is 2.78 bits per heavy atom. The van der Waals surface area contributed by atoms with Gasteiger partial charge >= 0.3 is 0 Å². The van der Waals surface area contributed by atoms with Crippen LogP contribution in [0.2, 0.25) is 0 Å². The van der Waals surface area contributed by atoms with Crippen LogP contribution in [0.15, 0.2) is 51.8 Å². The lowest BCUT2D eigenvalue weighted by molar-refractivity contribution is 0.399. The number of hydrogen-bond acceptors (Lipinski definition) is 7. The summed E-state index contributed by atoms with van der Waals surface area (Å²) in [5.74, 6) is 0.304.